The summed E-state index contributed by atoms with van der Waals surface area (Å²) in [6.07, 6.45) is 2.56. The van der Waals surface area contributed by atoms with Crippen molar-refractivity contribution in [3.63, 3.8) is 0 Å². The minimum absolute atomic E-state index is 0.102. The Hall–Kier alpha value is -0.750. The molecule has 0 saturated carbocycles. The number of rotatable bonds is 1. The predicted octanol–water partition coefficient (Wildman–Crippen LogP) is -0.0593. The standard InChI is InChI=1S/C10H16N2O3S/c1-15-10(14)7-5-16-8-4-2-3-6(11)9(13)12(7)8/h6-8H,2-5,11H2,1H3/t6-,7-,8+/m1/s1. The van der Waals surface area contributed by atoms with Gasteiger partial charge in [0.2, 0.25) is 5.91 Å². The molecule has 0 unspecified atom stereocenters. The summed E-state index contributed by atoms with van der Waals surface area (Å²) in [5.74, 6) is 0.177. The van der Waals surface area contributed by atoms with Crippen molar-refractivity contribution in [1.29, 1.82) is 0 Å². The molecule has 0 aromatic rings. The first kappa shape index (κ1) is 11.7. The van der Waals surface area contributed by atoms with Gasteiger partial charge in [-0.25, -0.2) is 4.79 Å². The molecule has 16 heavy (non-hydrogen) atoms. The predicted molar refractivity (Wildman–Crippen MR) is 60.7 cm³/mol. The number of carbonyl (C=O) groups excluding carboxylic acids is 2. The summed E-state index contributed by atoms with van der Waals surface area (Å²) in [6.45, 7) is 0. The molecule has 0 aromatic heterocycles. The molecular weight excluding hydrogens is 228 g/mol. The van der Waals surface area contributed by atoms with Gasteiger partial charge in [0, 0.05) is 5.75 Å². The van der Waals surface area contributed by atoms with Crippen LogP contribution in [0.5, 0.6) is 0 Å². The van der Waals surface area contributed by atoms with Crippen molar-refractivity contribution in [2.75, 3.05) is 12.9 Å². The Balaban J connectivity index is 2.20. The molecule has 2 aliphatic rings. The molecule has 2 saturated heterocycles. The van der Waals surface area contributed by atoms with Crippen LogP contribution in [0.25, 0.3) is 0 Å². The van der Waals surface area contributed by atoms with Crippen molar-refractivity contribution in [2.45, 2.75) is 36.7 Å². The van der Waals surface area contributed by atoms with Crippen molar-refractivity contribution in [1.82, 2.24) is 4.90 Å². The largest absolute Gasteiger partial charge is 0.467 e. The zero-order valence-electron chi connectivity index (χ0n) is 9.22. The van der Waals surface area contributed by atoms with Gasteiger partial charge in [0.05, 0.1) is 18.5 Å². The van der Waals surface area contributed by atoms with Crippen LogP contribution in [0.3, 0.4) is 0 Å². The summed E-state index contributed by atoms with van der Waals surface area (Å²) in [5, 5.41) is 0.102. The third-order valence-electron chi connectivity index (χ3n) is 3.10. The van der Waals surface area contributed by atoms with Gasteiger partial charge in [-0.2, -0.15) is 0 Å². The Labute approximate surface area is 98.7 Å². The number of carbonyl (C=O) groups is 2. The minimum atomic E-state index is -0.462. The quantitative estimate of drug-likeness (QED) is 0.654. The van der Waals surface area contributed by atoms with Crippen LogP contribution in [0.1, 0.15) is 19.3 Å². The summed E-state index contributed by atoms with van der Waals surface area (Å²) in [7, 11) is 1.35. The van der Waals surface area contributed by atoms with Gasteiger partial charge in [0.15, 0.2) is 0 Å². The van der Waals surface area contributed by atoms with E-state index in [9.17, 15) is 9.59 Å². The van der Waals surface area contributed by atoms with Crippen LogP contribution >= 0.6 is 11.8 Å². The lowest BCUT2D eigenvalue weighted by Crippen LogP contribution is -2.50. The number of amides is 1. The Morgan fingerprint density at radius 1 is 1.56 bits per heavy atom. The Morgan fingerprint density at radius 2 is 2.31 bits per heavy atom. The third kappa shape index (κ3) is 1.91. The lowest BCUT2D eigenvalue weighted by molar-refractivity contribution is -0.151. The molecule has 90 valence electrons. The molecule has 2 rings (SSSR count). The van der Waals surface area contributed by atoms with Crippen LogP contribution in [0.2, 0.25) is 0 Å². The minimum Gasteiger partial charge on any atom is -0.467 e. The number of methoxy groups -OCH3 is 1. The number of thioether (sulfide) groups is 1. The number of fused-ring (bicyclic) bond motifs is 1. The summed E-state index contributed by atoms with van der Waals surface area (Å²) >= 11 is 1.65. The monoisotopic (exact) mass is 244 g/mol. The first-order valence-corrected chi connectivity index (χ1v) is 6.47. The molecule has 5 nitrogen and oxygen atoms in total. The average Bonchev–Trinajstić information content (AvgIpc) is 2.65. The van der Waals surface area contributed by atoms with Gasteiger partial charge in [-0.3, -0.25) is 4.79 Å². The second-order valence-corrected chi connectivity index (χ2v) is 5.32. The molecule has 6 heteroatoms. The lowest BCUT2D eigenvalue weighted by atomic mass is 10.1. The number of hydrogen-bond donors (Lipinski definition) is 1. The SMILES string of the molecule is COC(=O)[C@H]1CS[C@H]2CCC[C@@H](N)C(=O)N21. The maximum Gasteiger partial charge on any atom is 0.329 e. The molecule has 2 heterocycles. The average molecular weight is 244 g/mol. The molecule has 0 aliphatic carbocycles. The highest BCUT2D eigenvalue weighted by atomic mass is 32.2. The molecule has 0 radical (unpaired) electrons. The van der Waals surface area contributed by atoms with Crippen molar-refractivity contribution in [3.05, 3.63) is 0 Å². The Kier molecular flexibility index (Phi) is 3.39. The van der Waals surface area contributed by atoms with Crippen LogP contribution in [-0.4, -0.2) is 47.1 Å². The van der Waals surface area contributed by atoms with Gasteiger partial charge >= 0.3 is 5.97 Å². The summed E-state index contributed by atoms with van der Waals surface area (Å²) in [5.41, 5.74) is 5.79. The zero-order chi connectivity index (χ0) is 11.7. The molecule has 0 spiro atoms. The van der Waals surface area contributed by atoms with E-state index in [0.29, 0.717) is 12.2 Å². The van der Waals surface area contributed by atoms with Crippen molar-refractivity contribution >= 4 is 23.6 Å². The van der Waals surface area contributed by atoms with E-state index in [0.717, 1.165) is 12.8 Å². The fourth-order valence-corrected chi connectivity index (χ4v) is 3.67. The first-order valence-electron chi connectivity index (χ1n) is 5.42. The number of nitrogens with zero attached hydrogens (tertiary/aromatic N) is 1. The second-order valence-electron chi connectivity index (χ2n) is 4.11. The molecular formula is C10H16N2O3S. The summed E-state index contributed by atoms with van der Waals surface area (Å²) in [4.78, 5) is 25.2. The zero-order valence-corrected chi connectivity index (χ0v) is 10.0. The molecule has 0 bridgehead atoms. The topological polar surface area (TPSA) is 72.6 Å². The Bertz CT molecular complexity index is 310. The van der Waals surface area contributed by atoms with Crippen LogP contribution in [0, 0.1) is 0 Å². The smallest absolute Gasteiger partial charge is 0.329 e. The highest BCUT2D eigenvalue weighted by molar-refractivity contribution is 8.00. The summed E-state index contributed by atoms with van der Waals surface area (Å²) < 4.78 is 4.72. The van der Waals surface area contributed by atoms with Gasteiger partial charge in [0.1, 0.15) is 6.04 Å². The maximum absolute atomic E-state index is 12.0. The van der Waals surface area contributed by atoms with E-state index in [1.54, 1.807) is 16.7 Å². The number of nitrogens with two attached hydrogens (primary N) is 1. The molecule has 1 amide bonds. The van der Waals surface area contributed by atoms with E-state index in [-0.39, 0.29) is 17.3 Å². The van der Waals surface area contributed by atoms with Crippen LogP contribution in [0.4, 0.5) is 0 Å². The maximum atomic E-state index is 12.0. The second kappa shape index (κ2) is 4.63. The van der Waals surface area contributed by atoms with Crippen molar-refractivity contribution in [3.8, 4) is 0 Å². The van der Waals surface area contributed by atoms with E-state index in [1.807, 2.05) is 0 Å². The van der Waals surface area contributed by atoms with Gasteiger partial charge in [-0.15, -0.1) is 11.8 Å². The fourth-order valence-electron chi connectivity index (χ4n) is 2.23. The number of esters is 1. The van der Waals surface area contributed by atoms with E-state index in [2.05, 4.69) is 0 Å². The van der Waals surface area contributed by atoms with Crippen LogP contribution in [-0.2, 0) is 14.3 Å². The molecule has 2 fully saturated rings. The molecule has 0 aromatic carbocycles. The van der Waals surface area contributed by atoms with Gasteiger partial charge in [-0.1, -0.05) is 0 Å². The van der Waals surface area contributed by atoms with E-state index < -0.39 is 12.1 Å². The normalized spacial score (nSPS) is 34.5. The van der Waals surface area contributed by atoms with Gasteiger partial charge in [0.25, 0.3) is 0 Å². The van der Waals surface area contributed by atoms with E-state index in [4.69, 9.17) is 10.5 Å². The van der Waals surface area contributed by atoms with E-state index >= 15 is 0 Å². The van der Waals surface area contributed by atoms with Gasteiger partial charge < -0.3 is 15.4 Å². The number of ether oxygens (including phenoxy) is 1. The Morgan fingerprint density at radius 3 is 3.00 bits per heavy atom. The molecule has 2 N–H and O–H groups in total. The van der Waals surface area contributed by atoms with Crippen molar-refractivity contribution < 1.29 is 14.3 Å². The van der Waals surface area contributed by atoms with Crippen molar-refractivity contribution in [2.24, 2.45) is 5.73 Å². The first-order chi connectivity index (χ1) is 7.65. The van der Waals surface area contributed by atoms with Crippen LogP contribution in [0.15, 0.2) is 0 Å². The van der Waals surface area contributed by atoms with E-state index in [1.165, 1.54) is 7.11 Å². The molecule has 3 atom stereocenters. The van der Waals surface area contributed by atoms with Gasteiger partial charge in [-0.05, 0) is 19.3 Å². The highest BCUT2D eigenvalue weighted by Gasteiger charge is 2.44. The molecule has 2 aliphatic heterocycles. The highest BCUT2D eigenvalue weighted by Crippen LogP contribution is 2.35. The fraction of sp³-hybridized carbons (Fsp3) is 0.800. The third-order valence-corrected chi connectivity index (χ3v) is 4.46. The lowest BCUT2D eigenvalue weighted by Gasteiger charge is -2.27. The van der Waals surface area contributed by atoms with Crippen LogP contribution < -0.4 is 5.73 Å². The summed E-state index contributed by atoms with van der Waals surface area (Å²) in [6, 6.07) is -0.910. The number of hydrogen-bond acceptors (Lipinski definition) is 5.